The van der Waals surface area contributed by atoms with E-state index in [9.17, 15) is 9.59 Å². The van der Waals surface area contributed by atoms with E-state index in [0.717, 1.165) is 11.4 Å². The highest BCUT2D eigenvalue weighted by Gasteiger charge is 2.19. The lowest BCUT2D eigenvalue weighted by atomic mass is 10.2. The first-order valence-corrected chi connectivity index (χ1v) is 8.72. The van der Waals surface area contributed by atoms with Gasteiger partial charge in [-0.25, -0.2) is 9.48 Å². The highest BCUT2D eigenvalue weighted by Crippen LogP contribution is 2.16. The Balaban J connectivity index is 1.79. The lowest BCUT2D eigenvalue weighted by molar-refractivity contribution is 0.0526. The minimum Gasteiger partial charge on any atom is -0.462 e. The summed E-state index contributed by atoms with van der Waals surface area (Å²) >= 11 is 0. The summed E-state index contributed by atoms with van der Waals surface area (Å²) in [5.41, 5.74) is 2.83. The first-order valence-electron chi connectivity index (χ1n) is 8.72. The third kappa shape index (κ3) is 4.03. The zero-order valence-corrected chi connectivity index (χ0v) is 15.2. The minimum atomic E-state index is -0.394. The molecule has 1 amide bonds. The quantitative estimate of drug-likeness (QED) is 0.679. The second kappa shape index (κ2) is 8.27. The van der Waals surface area contributed by atoms with Crippen molar-refractivity contribution >= 4 is 17.6 Å². The standard InChI is InChI=1S/C20H20N4O3/c1-3-17-18(22-23-24(17)16-8-6-5-7-9-16)19(25)21-15-12-10-14(11-13-15)20(26)27-4-2/h5-13H,3-4H2,1-2H3,(H,21,25). The molecule has 0 radical (unpaired) electrons. The normalized spacial score (nSPS) is 10.4. The van der Waals surface area contributed by atoms with Gasteiger partial charge in [-0.15, -0.1) is 5.10 Å². The fraction of sp³-hybridized carbons (Fsp3) is 0.200. The number of anilines is 1. The Morgan fingerprint density at radius 2 is 1.74 bits per heavy atom. The molecule has 1 heterocycles. The summed E-state index contributed by atoms with van der Waals surface area (Å²) in [4.78, 5) is 24.3. The lowest BCUT2D eigenvalue weighted by Crippen LogP contribution is -2.15. The van der Waals surface area contributed by atoms with Crippen molar-refractivity contribution in [3.8, 4) is 5.69 Å². The number of esters is 1. The van der Waals surface area contributed by atoms with Crippen molar-refractivity contribution in [3.63, 3.8) is 0 Å². The predicted octanol–water partition coefficient (Wildman–Crippen LogP) is 3.26. The van der Waals surface area contributed by atoms with Crippen LogP contribution in [0.5, 0.6) is 0 Å². The van der Waals surface area contributed by atoms with Gasteiger partial charge in [-0.2, -0.15) is 0 Å². The summed E-state index contributed by atoms with van der Waals surface area (Å²) in [5.74, 6) is -0.743. The Kier molecular flexibility index (Phi) is 5.61. The molecule has 0 aliphatic carbocycles. The van der Waals surface area contributed by atoms with E-state index in [1.807, 2.05) is 37.3 Å². The lowest BCUT2D eigenvalue weighted by Gasteiger charge is -2.07. The van der Waals surface area contributed by atoms with Crippen LogP contribution < -0.4 is 5.32 Å². The monoisotopic (exact) mass is 364 g/mol. The number of amides is 1. The Bertz CT molecular complexity index is 934. The van der Waals surface area contributed by atoms with E-state index < -0.39 is 5.97 Å². The van der Waals surface area contributed by atoms with Crippen LogP contribution in [0.1, 0.15) is 40.4 Å². The summed E-state index contributed by atoms with van der Waals surface area (Å²) in [7, 11) is 0. The van der Waals surface area contributed by atoms with E-state index in [1.165, 1.54) is 0 Å². The molecule has 2 aromatic carbocycles. The van der Waals surface area contributed by atoms with E-state index in [1.54, 1.807) is 35.9 Å². The SMILES string of the molecule is CCOC(=O)c1ccc(NC(=O)c2nnn(-c3ccccc3)c2CC)cc1. The van der Waals surface area contributed by atoms with Gasteiger partial charge in [-0.1, -0.05) is 30.3 Å². The molecule has 1 N–H and O–H groups in total. The van der Waals surface area contributed by atoms with Crippen LogP contribution in [0.4, 0.5) is 5.69 Å². The first-order chi connectivity index (χ1) is 13.1. The van der Waals surface area contributed by atoms with Crippen molar-refractivity contribution in [3.05, 3.63) is 71.5 Å². The van der Waals surface area contributed by atoms with E-state index in [-0.39, 0.29) is 11.6 Å². The number of ether oxygens (including phenoxy) is 1. The van der Waals surface area contributed by atoms with Crippen LogP contribution in [-0.4, -0.2) is 33.5 Å². The molecule has 0 saturated carbocycles. The average Bonchev–Trinajstić information content (AvgIpc) is 3.13. The fourth-order valence-electron chi connectivity index (χ4n) is 2.67. The smallest absolute Gasteiger partial charge is 0.338 e. The van der Waals surface area contributed by atoms with Crippen LogP contribution in [0.2, 0.25) is 0 Å². The molecule has 0 saturated heterocycles. The van der Waals surface area contributed by atoms with Crippen molar-refractivity contribution in [1.29, 1.82) is 0 Å². The van der Waals surface area contributed by atoms with Crippen LogP contribution >= 0.6 is 0 Å². The number of para-hydroxylation sites is 1. The molecular weight excluding hydrogens is 344 g/mol. The molecule has 7 heteroatoms. The molecule has 0 bridgehead atoms. The van der Waals surface area contributed by atoms with Crippen LogP contribution in [-0.2, 0) is 11.2 Å². The maximum atomic E-state index is 12.6. The zero-order chi connectivity index (χ0) is 19.2. The Labute approximate surface area is 157 Å². The molecule has 0 aliphatic rings. The number of nitrogens with zero attached hydrogens (tertiary/aromatic N) is 3. The van der Waals surface area contributed by atoms with Gasteiger partial charge in [0.15, 0.2) is 5.69 Å². The first kappa shape index (κ1) is 18.3. The number of hydrogen-bond acceptors (Lipinski definition) is 5. The van der Waals surface area contributed by atoms with Gasteiger partial charge in [0, 0.05) is 5.69 Å². The second-order valence-electron chi connectivity index (χ2n) is 5.74. The number of rotatable bonds is 6. The van der Waals surface area contributed by atoms with E-state index in [4.69, 9.17) is 4.74 Å². The summed E-state index contributed by atoms with van der Waals surface area (Å²) in [5, 5.41) is 11.0. The van der Waals surface area contributed by atoms with E-state index >= 15 is 0 Å². The van der Waals surface area contributed by atoms with Crippen molar-refractivity contribution in [2.75, 3.05) is 11.9 Å². The highest BCUT2D eigenvalue weighted by molar-refractivity contribution is 6.03. The van der Waals surface area contributed by atoms with Crippen LogP contribution in [0.25, 0.3) is 5.69 Å². The number of aromatic nitrogens is 3. The average molecular weight is 364 g/mol. The van der Waals surface area contributed by atoms with Gasteiger partial charge in [0.05, 0.1) is 23.6 Å². The number of nitrogens with one attached hydrogen (secondary N) is 1. The van der Waals surface area contributed by atoms with Crippen molar-refractivity contribution in [1.82, 2.24) is 15.0 Å². The van der Waals surface area contributed by atoms with Crippen LogP contribution in [0.3, 0.4) is 0 Å². The van der Waals surface area contributed by atoms with Crippen molar-refractivity contribution < 1.29 is 14.3 Å². The Hall–Kier alpha value is -3.48. The zero-order valence-electron chi connectivity index (χ0n) is 15.2. The van der Waals surface area contributed by atoms with Gasteiger partial charge >= 0.3 is 5.97 Å². The second-order valence-corrected chi connectivity index (χ2v) is 5.74. The molecule has 138 valence electrons. The molecule has 27 heavy (non-hydrogen) atoms. The molecule has 0 spiro atoms. The molecule has 0 aliphatic heterocycles. The molecule has 3 rings (SSSR count). The molecule has 0 fully saturated rings. The largest absolute Gasteiger partial charge is 0.462 e. The van der Waals surface area contributed by atoms with Crippen molar-refractivity contribution in [2.24, 2.45) is 0 Å². The molecule has 0 atom stereocenters. The minimum absolute atomic E-state index is 0.274. The number of hydrogen-bond donors (Lipinski definition) is 1. The topological polar surface area (TPSA) is 86.1 Å². The van der Waals surface area contributed by atoms with Gasteiger partial charge in [0.25, 0.3) is 5.91 Å². The fourth-order valence-corrected chi connectivity index (χ4v) is 2.67. The maximum absolute atomic E-state index is 12.6. The van der Waals surface area contributed by atoms with Crippen LogP contribution in [0, 0.1) is 0 Å². The van der Waals surface area contributed by atoms with Gasteiger partial charge in [-0.3, -0.25) is 4.79 Å². The highest BCUT2D eigenvalue weighted by atomic mass is 16.5. The summed E-state index contributed by atoms with van der Waals surface area (Å²) in [6, 6.07) is 16.1. The molecule has 3 aromatic rings. The Morgan fingerprint density at radius 1 is 1.04 bits per heavy atom. The number of carbonyl (C=O) groups excluding carboxylic acids is 2. The van der Waals surface area contributed by atoms with Gasteiger partial charge < -0.3 is 10.1 Å². The third-order valence-electron chi connectivity index (χ3n) is 3.97. The van der Waals surface area contributed by atoms with Crippen LogP contribution in [0.15, 0.2) is 54.6 Å². The molecular formula is C20H20N4O3. The molecule has 0 unspecified atom stereocenters. The third-order valence-corrected chi connectivity index (χ3v) is 3.97. The van der Waals surface area contributed by atoms with Gasteiger partial charge in [0.2, 0.25) is 0 Å². The van der Waals surface area contributed by atoms with Crippen molar-refractivity contribution in [2.45, 2.75) is 20.3 Å². The van der Waals surface area contributed by atoms with Gasteiger partial charge in [0.1, 0.15) is 0 Å². The molecule has 1 aromatic heterocycles. The maximum Gasteiger partial charge on any atom is 0.338 e. The summed E-state index contributed by atoms with van der Waals surface area (Å²) < 4.78 is 6.61. The number of carbonyl (C=O) groups is 2. The number of benzene rings is 2. The predicted molar refractivity (Wildman–Crippen MR) is 101 cm³/mol. The summed E-state index contributed by atoms with van der Waals surface area (Å²) in [6.07, 6.45) is 0.604. The van der Waals surface area contributed by atoms with Gasteiger partial charge in [-0.05, 0) is 49.7 Å². The van der Waals surface area contributed by atoms with E-state index in [0.29, 0.717) is 24.3 Å². The Morgan fingerprint density at radius 3 is 2.37 bits per heavy atom. The molecule has 7 nitrogen and oxygen atoms in total. The summed E-state index contributed by atoms with van der Waals surface area (Å²) in [6.45, 7) is 4.01. The van der Waals surface area contributed by atoms with E-state index in [2.05, 4.69) is 15.6 Å².